The molecule has 0 bridgehead atoms. The molecule has 0 fully saturated rings. The second-order valence-corrected chi connectivity index (χ2v) is 16.4. The summed E-state index contributed by atoms with van der Waals surface area (Å²) in [4.78, 5) is 0. The molecule has 10 rings (SSSR count). The normalized spacial score (nSPS) is 12.2. The number of rotatable bonds is 12. The molecule has 66 heavy (non-hydrogen) atoms. The van der Waals surface area contributed by atoms with Gasteiger partial charge in [0.25, 0.3) is 0 Å². The van der Waals surface area contributed by atoms with Crippen LogP contribution in [0.25, 0.3) is 79.9 Å². The molecule has 2 heteroatoms. The maximum Gasteiger partial charge on any atom is 0.118 e. The molecular formula is C64H48O2. The van der Waals surface area contributed by atoms with E-state index in [9.17, 15) is 0 Å². The van der Waals surface area contributed by atoms with Crippen molar-refractivity contribution < 1.29 is 9.47 Å². The van der Waals surface area contributed by atoms with E-state index in [1.54, 1.807) is 14.2 Å². The molecule has 10 aromatic rings. The molecular weight excluding hydrogens is 801 g/mol. The smallest absolute Gasteiger partial charge is 0.118 e. The fraction of sp³-hybridized carbons (Fsp3) is 0.0312. The van der Waals surface area contributed by atoms with Crippen LogP contribution in [0.3, 0.4) is 0 Å². The van der Waals surface area contributed by atoms with Gasteiger partial charge in [-0.3, -0.25) is 0 Å². The summed E-state index contributed by atoms with van der Waals surface area (Å²) in [5.74, 6) is 1.67. The van der Waals surface area contributed by atoms with Crippen LogP contribution in [0.15, 0.2) is 218 Å². The summed E-state index contributed by atoms with van der Waals surface area (Å²) in [6.45, 7) is 0. The van der Waals surface area contributed by atoms with Gasteiger partial charge in [0.05, 0.1) is 14.2 Å². The fourth-order valence-corrected chi connectivity index (χ4v) is 8.74. The quantitative estimate of drug-likeness (QED) is 0.114. The molecule has 10 aromatic carbocycles. The second-order valence-electron chi connectivity index (χ2n) is 16.4. The van der Waals surface area contributed by atoms with Crippen molar-refractivity contribution in [1.82, 2.24) is 0 Å². The molecule has 0 aromatic heterocycles. The van der Waals surface area contributed by atoms with E-state index in [0.717, 1.165) is 78.3 Å². The zero-order valence-electron chi connectivity index (χ0n) is 37.1. The van der Waals surface area contributed by atoms with Crippen LogP contribution in [-0.4, -0.2) is 14.2 Å². The highest BCUT2D eigenvalue weighted by Gasteiger charge is 2.12. The Balaban J connectivity index is 1.04. The fourth-order valence-electron chi connectivity index (χ4n) is 8.74. The Kier molecular flexibility index (Phi) is 12.0. The van der Waals surface area contributed by atoms with Crippen LogP contribution in [0.5, 0.6) is 11.5 Å². The minimum atomic E-state index is 0.833. The molecule has 0 aliphatic rings. The van der Waals surface area contributed by atoms with Gasteiger partial charge in [-0.2, -0.15) is 0 Å². The Morgan fingerprint density at radius 2 is 0.576 bits per heavy atom. The van der Waals surface area contributed by atoms with Gasteiger partial charge >= 0.3 is 0 Å². The standard InChI is InChI=1S/C64H48O2/c1-65-61-35-31-49(32-36-61)63(59-29-25-45-13-3-7-17-51(45)41-59)43-55-21-9-5-15-47(55)23-27-57-39-53-19-11-12-20-54(53)40-58(57)28-24-48-16-6-10-22-56(48)44-64(50-33-37-62(66-2)38-34-50)60-30-26-46-14-4-8-18-52(46)42-60/h3-44H,1-2H3/b27-23?,28-24?,63-43+,64-44+. The molecule has 0 atom stereocenters. The highest BCUT2D eigenvalue weighted by Crippen LogP contribution is 2.34. The van der Waals surface area contributed by atoms with Crippen LogP contribution in [0.1, 0.15) is 55.6 Å². The number of hydrogen-bond acceptors (Lipinski definition) is 2. The molecule has 0 radical (unpaired) electrons. The van der Waals surface area contributed by atoms with E-state index in [2.05, 4.69) is 231 Å². The predicted molar refractivity (Wildman–Crippen MR) is 283 cm³/mol. The summed E-state index contributed by atoms with van der Waals surface area (Å²) in [5.41, 5.74) is 13.6. The largest absolute Gasteiger partial charge is 0.497 e. The average molecular weight is 849 g/mol. The van der Waals surface area contributed by atoms with Gasteiger partial charge in [-0.05, 0) is 160 Å². The Labute approximate surface area is 387 Å². The maximum absolute atomic E-state index is 5.54. The predicted octanol–water partition coefficient (Wildman–Crippen LogP) is 16.7. The molecule has 0 saturated heterocycles. The van der Waals surface area contributed by atoms with E-state index >= 15 is 0 Å². The van der Waals surface area contributed by atoms with Gasteiger partial charge in [-0.25, -0.2) is 0 Å². The first-order chi connectivity index (χ1) is 32.6. The SMILES string of the molecule is COc1ccc(/C(=C\c2ccccc2C=Cc2cc3ccccc3cc2C=Cc2ccccc2/C=C(\c2ccc(OC)cc2)c2ccc3ccccc3c2)c2ccc3ccccc3c2)cc1. The van der Waals surface area contributed by atoms with Gasteiger partial charge in [-0.15, -0.1) is 0 Å². The molecule has 316 valence electrons. The van der Waals surface area contributed by atoms with E-state index in [-0.39, 0.29) is 0 Å². The van der Waals surface area contributed by atoms with Crippen molar-refractivity contribution >= 4 is 79.9 Å². The summed E-state index contributed by atoms with van der Waals surface area (Å²) in [6, 6.07) is 77.7. The van der Waals surface area contributed by atoms with Gasteiger partial charge in [0, 0.05) is 0 Å². The molecule has 0 N–H and O–H groups in total. The molecule has 0 unspecified atom stereocenters. The second kappa shape index (κ2) is 19.1. The molecule has 0 spiro atoms. The minimum Gasteiger partial charge on any atom is -0.497 e. The summed E-state index contributed by atoms with van der Waals surface area (Å²) in [7, 11) is 3.41. The maximum atomic E-state index is 5.54. The molecule has 2 nitrogen and oxygen atoms in total. The van der Waals surface area contributed by atoms with Crippen molar-refractivity contribution in [1.29, 1.82) is 0 Å². The van der Waals surface area contributed by atoms with Gasteiger partial charge in [0.2, 0.25) is 0 Å². The van der Waals surface area contributed by atoms with Gasteiger partial charge < -0.3 is 9.47 Å². The lowest BCUT2D eigenvalue weighted by atomic mass is 9.92. The monoisotopic (exact) mass is 848 g/mol. The highest BCUT2D eigenvalue weighted by molar-refractivity contribution is 5.99. The molecule has 0 aliphatic carbocycles. The Morgan fingerprint density at radius 3 is 0.955 bits per heavy atom. The number of hydrogen-bond donors (Lipinski definition) is 0. The Bertz CT molecular complexity index is 3240. The van der Waals surface area contributed by atoms with E-state index in [1.807, 2.05) is 24.3 Å². The van der Waals surface area contributed by atoms with Crippen LogP contribution in [0.2, 0.25) is 0 Å². The lowest BCUT2D eigenvalue weighted by Gasteiger charge is -2.13. The first kappa shape index (κ1) is 41.5. The minimum absolute atomic E-state index is 0.833. The summed E-state index contributed by atoms with van der Waals surface area (Å²) < 4.78 is 11.1. The Morgan fingerprint density at radius 1 is 0.273 bits per heavy atom. The van der Waals surface area contributed by atoms with Crippen molar-refractivity contribution in [3.05, 3.63) is 274 Å². The summed E-state index contributed by atoms with van der Waals surface area (Å²) in [5, 5.41) is 7.25. The third kappa shape index (κ3) is 9.13. The first-order valence-electron chi connectivity index (χ1n) is 22.4. The number of methoxy groups -OCH3 is 2. The number of benzene rings is 10. The topological polar surface area (TPSA) is 18.5 Å². The van der Waals surface area contributed by atoms with Gasteiger partial charge in [0.1, 0.15) is 11.5 Å². The van der Waals surface area contributed by atoms with Crippen LogP contribution in [0, 0.1) is 0 Å². The van der Waals surface area contributed by atoms with Crippen LogP contribution in [0.4, 0.5) is 0 Å². The first-order valence-corrected chi connectivity index (χ1v) is 22.4. The van der Waals surface area contributed by atoms with Crippen molar-refractivity contribution in [2.75, 3.05) is 14.2 Å². The van der Waals surface area contributed by atoms with E-state index < -0.39 is 0 Å². The third-order valence-corrected chi connectivity index (χ3v) is 12.4. The average Bonchev–Trinajstić information content (AvgIpc) is 3.38. The molecule has 0 aliphatic heterocycles. The van der Waals surface area contributed by atoms with Gasteiger partial charge in [0.15, 0.2) is 0 Å². The molecule has 0 amide bonds. The van der Waals surface area contributed by atoms with E-state index in [4.69, 9.17) is 9.47 Å². The van der Waals surface area contributed by atoms with Crippen molar-refractivity contribution in [2.45, 2.75) is 0 Å². The van der Waals surface area contributed by atoms with Crippen LogP contribution >= 0.6 is 0 Å². The zero-order valence-corrected chi connectivity index (χ0v) is 37.1. The van der Waals surface area contributed by atoms with Gasteiger partial charge in [-0.1, -0.05) is 194 Å². The highest BCUT2D eigenvalue weighted by atomic mass is 16.5. The lowest BCUT2D eigenvalue weighted by Crippen LogP contribution is -1.91. The lowest BCUT2D eigenvalue weighted by molar-refractivity contribution is 0.414. The summed E-state index contributed by atoms with van der Waals surface area (Å²) >= 11 is 0. The number of ether oxygens (including phenoxy) is 2. The number of fused-ring (bicyclic) bond motifs is 3. The van der Waals surface area contributed by atoms with Crippen molar-refractivity contribution in [2.24, 2.45) is 0 Å². The molecule has 0 saturated carbocycles. The summed E-state index contributed by atoms with van der Waals surface area (Å²) in [6.07, 6.45) is 13.6. The van der Waals surface area contributed by atoms with Crippen LogP contribution in [-0.2, 0) is 0 Å². The van der Waals surface area contributed by atoms with Crippen molar-refractivity contribution in [3.63, 3.8) is 0 Å². The van der Waals surface area contributed by atoms with E-state index in [0.29, 0.717) is 0 Å². The van der Waals surface area contributed by atoms with Crippen molar-refractivity contribution in [3.8, 4) is 11.5 Å². The van der Waals surface area contributed by atoms with E-state index in [1.165, 1.54) is 32.3 Å². The van der Waals surface area contributed by atoms with Crippen LogP contribution < -0.4 is 9.47 Å². The third-order valence-electron chi connectivity index (χ3n) is 12.4. The molecule has 0 heterocycles. The Hall–Kier alpha value is -8.46. The zero-order chi connectivity index (χ0) is 44.7.